The molecule has 0 saturated heterocycles. The second-order valence-corrected chi connectivity index (χ2v) is 3.87. The minimum atomic E-state index is -0.243. The number of aromatic nitrogens is 5. The van der Waals surface area contributed by atoms with Gasteiger partial charge in [0.1, 0.15) is 5.82 Å². The first-order chi connectivity index (χ1) is 7.99. The van der Waals surface area contributed by atoms with Gasteiger partial charge in [-0.15, -0.1) is 5.10 Å². The van der Waals surface area contributed by atoms with Gasteiger partial charge < -0.3 is 0 Å². The van der Waals surface area contributed by atoms with Gasteiger partial charge in [-0.05, 0) is 20.8 Å². The summed E-state index contributed by atoms with van der Waals surface area (Å²) in [7, 11) is 1.80. The molecule has 0 aliphatic carbocycles. The summed E-state index contributed by atoms with van der Waals surface area (Å²) in [6.07, 6.45) is 0. The Morgan fingerprint density at radius 1 is 1.35 bits per heavy atom. The van der Waals surface area contributed by atoms with Gasteiger partial charge in [0.2, 0.25) is 5.95 Å². The molecule has 0 aliphatic rings. The molecule has 0 aromatic carbocycles. The summed E-state index contributed by atoms with van der Waals surface area (Å²) in [5.74, 6) is 0.683. The van der Waals surface area contributed by atoms with Crippen LogP contribution in [0.1, 0.15) is 27.6 Å². The monoisotopic (exact) mass is 234 g/mol. The summed E-state index contributed by atoms with van der Waals surface area (Å²) in [4.78, 5) is 16.0. The van der Waals surface area contributed by atoms with E-state index >= 15 is 0 Å². The van der Waals surface area contributed by atoms with E-state index in [0.717, 1.165) is 5.69 Å². The molecule has 90 valence electrons. The van der Waals surface area contributed by atoms with E-state index in [2.05, 4.69) is 25.6 Å². The number of anilines is 1. The van der Waals surface area contributed by atoms with Crippen molar-refractivity contribution in [3.05, 3.63) is 22.8 Å². The number of hydrogen-bond donors (Lipinski definition) is 2. The van der Waals surface area contributed by atoms with E-state index in [-0.39, 0.29) is 11.9 Å². The average molecular weight is 234 g/mol. The van der Waals surface area contributed by atoms with Crippen LogP contribution in [0.25, 0.3) is 0 Å². The minimum Gasteiger partial charge on any atom is -0.289 e. The van der Waals surface area contributed by atoms with Crippen LogP contribution in [0.2, 0.25) is 0 Å². The molecule has 7 heteroatoms. The van der Waals surface area contributed by atoms with Crippen LogP contribution >= 0.6 is 0 Å². The number of hydrogen-bond acceptors (Lipinski definition) is 4. The first kappa shape index (κ1) is 11.3. The Morgan fingerprint density at radius 2 is 2.06 bits per heavy atom. The number of aromatic amines is 1. The third-order valence-corrected chi connectivity index (χ3v) is 2.56. The zero-order valence-corrected chi connectivity index (χ0v) is 10.2. The molecular weight excluding hydrogens is 220 g/mol. The zero-order chi connectivity index (χ0) is 12.6. The Morgan fingerprint density at radius 3 is 2.53 bits per heavy atom. The third-order valence-electron chi connectivity index (χ3n) is 2.56. The standard InChI is InChI=1S/C10H14N6O/c1-5-8(6(2)16(4)15-5)9(17)12-10-11-7(3)13-14-10/h1-4H3,(H2,11,12,13,14,17). The van der Waals surface area contributed by atoms with Crippen molar-refractivity contribution < 1.29 is 4.79 Å². The first-order valence-corrected chi connectivity index (χ1v) is 5.19. The molecule has 0 atom stereocenters. The number of nitrogens with zero attached hydrogens (tertiary/aromatic N) is 4. The maximum Gasteiger partial charge on any atom is 0.261 e. The van der Waals surface area contributed by atoms with Crippen LogP contribution < -0.4 is 5.32 Å². The highest BCUT2D eigenvalue weighted by Crippen LogP contribution is 2.13. The summed E-state index contributed by atoms with van der Waals surface area (Å²) in [5.41, 5.74) is 2.07. The first-order valence-electron chi connectivity index (χ1n) is 5.19. The second kappa shape index (κ2) is 4.00. The van der Waals surface area contributed by atoms with Crippen molar-refractivity contribution in [2.45, 2.75) is 20.8 Å². The number of nitrogens with one attached hydrogen (secondary N) is 2. The summed E-state index contributed by atoms with van der Waals surface area (Å²) in [6, 6.07) is 0. The summed E-state index contributed by atoms with van der Waals surface area (Å²) >= 11 is 0. The van der Waals surface area contributed by atoms with Crippen LogP contribution in [0.3, 0.4) is 0 Å². The summed E-state index contributed by atoms with van der Waals surface area (Å²) in [5, 5.41) is 13.3. The van der Waals surface area contributed by atoms with Crippen LogP contribution in [0, 0.1) is 20.8 Å². The van der Waals surface area contributed by atoms with E-state index in [4.69, 9.17) is 0 Å². The van der Waals surface area contributed by atoms with Gasteiger partial charge in [0.05, 0.1) is 11.3 Å². The molecule has 0 aliphatic heterocycles. The number of carbonyl (C=O) groups excluding carboxylic acids is 1. The van der Waals surface area contributed by atoms with Gasteiger partial charge in [-0.3, -0.25) is 19.9 Å². The maximum atomic E-state index is 12.0. The number of H-pyrrole nitrogens is 1. The quantitative estimate of drug-likeness (QED) is 0.801. The fourth-order valence-electron chi connectivity index (χ4n) is 1.66. The van der Waals surface area contributed by atoms with Crippen LogP contribution in [0.5, 0.6) is 0 Å². The largest absolute Gasteiger partial charge is 0.289 e. The molecule has 2 heterocycles. The Kier molecular flexibility index (Phi) is 2.66. The molecule has 0 unspecified atom stereocenters. The lowest BCUT2D eigenvalue weighted by Crippen LogP contribution is -2.15. The Labute approximate surface area is 98.2 Å². The predicted molar refractivity (Wildman–Crippen MR) is 61.8 cm³/mol. The Hall–Kier alpha value is -2.18. The molecule has 2 rings (SSSR count). The molecule has 0 fully saturated rings. The third kappa shape index (κ3) is 2.03. The fourth-order valence-corrected chi connectivity index (χ4v) is 1.66. The Balaban J connectivity index is 2.26. The normalized spacial score (nSPS) is 10.6. The highest BCUT2D eigenvalue weighted by molar-refractivity contribution is 6.04. The van der Waals surface area contributed by atoms with Gasteiger partial charge in [-0.1, -0.05) is 0 Å². The summed E-state index contributed by atoms with van der Waals surface area (Å²) in [6.45, 7) is 5.41. The van der Waals surface area contributed by atoms with Crippen molar-refractivity contribution in [3.8, 4) is 0 Å². The molecule has 17 heavy (non-hydrogen) atoms. The minimum absolute atomic E-state index is 0.243. The summed E-state index contributed by atoms with van der Waals surface area (Å²) < 4.78 is 1.67. The molecule has 2 N–H and O–H groups in total. The molecular formula is C10H14N6O. The average Bonchev–Trinajstić information content (AvgIpc) is 2.73. The highest BCUT2D eigenvalue weighted by atomic mass is 16.1. The van der Waals surface area contributed by atoms with Crippen LogP contribution in [-0.4, -0.2) is 30.9 Å². The van der Waals surface area contributed by atoms with E-state index in [1.807, 2.05) is 6.92 Å². The molecule has 0 spiro atoms. The zero-order valence-electron chi connectivity index (χ0n) is 10.2. The molecule has 2 aromatic heterocycles. The van der Waals surface area contributed by atoms with E-state index in [0.29, 0.717) is 17.1 Å². The highest BCUT2D eigenvalue weighted by Gasteiger charge is 2.18. The van der Waals surface area contributed by atoms with Crippen molar-refractivity contribution in [2.75, 3.05) is 5.32 Å². The topological polar surface area (TPSA) is 88.5 Å². The van der Waals surface area contributed by atoms with E-state index in [1.54, 1.807) is 25.6 Å². The smallest absolute Gasteiger partial charge is 0.261 e. The van der Waals surface area contributed by atoms with E-state index < -0.39 is 0 Å². The fraction of sp³-hybridized carbons (Fsp3) is 0.400. The van der Waals surface area contributed by atoms with Crippen molar-refractivity contribution in [2.24, 2.45) is 7.05 Å². The van der Waals surface area contributed by atoms with E-state index in [9.17, 15) is 4.79 Å². The number of aryl methyl sites for hydroxylation is 3. The predicted octanol–water partition coefficient (Wildman–Crippen LogP) is 0.716. The Bertz CT molecular complexity index is 567. The van der Waals surface area contributed by atoms with Gasteiger partial charge >= 0.3 is 0 Å². The molecule has 7 nitrogen and oxygen atoms in total. The van der Waals surface area contributed by atoms with E-state index in [1.165, 1.54) is 0 Å². The SMILES string of the molecule is Cc1nc(NC(=O)c2c(C)nn(C)c2C)n[nH]1. The van der Waals surface area contributed by atoms with Gasteiger partial charge in [0.25, 0.3) is 5.91 Å². The van der Waals surface area contributed by atoms with Gasteiger partial charge in [-0.25, -0.2) is 0 Å². The van der Waals surface area contributed by atoms with Gasteiger partial charge in [-0.2, -0.15) is 10.1 Å². The molecule has 2 aromatic rings. The van der Waals surface area contributed by atoms with Gasteiger partial charge in [0, 0.05) is 12.7 Å². The van der Waals surface area contributed by atoms with Crippen LogP contribution in [0.4, 0.5) is 5.95 Å². The lowest BCUT2D eigenvalue weighted by atomic mass is 10.2. The van der Waals surface area contributed by atoms with Crippen LogP contribution in [-0.2, 0) is 7.05 Å². The lowest BCUT2D eigenvalue weighted by molar-refractivity contribution is 0.102. The number of carbonyl (C=O) groups is 1. The number of amides is 1. The van der Waals surface area contributed by atoms with Crippen molar-refractivity contribution in [3.63, 3.8) is 0 Å². The molecule has 0 bridgehead atoms. The van der Waals surface area contributed by atoms with Crippen molar-refractivity contribution in [1.82, 2.24) is 25.0 Å². The van der Waals surface area contributed by atoms with Crippen molar-refractivity contribution in [1.29, 1.82) is 0 Å². The second-order valence-electron chi connectivity index (χ2n) is 3.87. The van der Waals surface area contributed by atoms with Crippen molar-refractivity contribution >= 4 is 11.9 Å². The maximum absolute atomic E-state index is 12.0. The molecule has 0 radical (unpaired) electrons. The van der Waals surface area contributed by atoms with Gasteiger partial charge in [0.15, 0.2) is 0 Å². The molecule has 0 saturated carbocycles. The number of rotatable bonds is 2. The lowest BCUT2D eigenvalue weighted by Gasteiger charge is -2.01. The molecule has 1 amide bonds. The van der Waals surface area contributed by atoms with Crippen LogP contribution in [0.15, 0.2) is 0 Å².